The summed E-state index contributed by atoms with van der Waals surface area (Å²) in [7, 11) is -1.27. The summed E-state index contributed by atoms with van der Waals surface area (Å²) in [5.41, 5.74) is 2.21. The molecule has 0 fully saturated rings. The summed E-state index contributed by atoms with van der Waals surface area (Å²) in [4.78, 5) is 11.6. The van der Waals surface area contributed by atoms with Gasteiger partial charge in [0.2, 0.25) is 0 Å². The Hall–Kier alpha value is -1.35. The van der Waals surface area contributed by atoms with E-state index in [2.05, 4.69) is 19.6 Å². The Morgan fingerprint density at radius 3 is 2.33 bits per heavy atom. The van der Waals surface area contributed by atoms with Gasteiger partial charge in [-0.3, -0.25) is 0 Å². The molecule has 0 spiro atoms. The third-order valence-electron chi connectivity index (χ3n) is 2.44. The molecule has 1 rings (SSSR count). The maximum absolute atomic E-state index is 11.6. The van der Waals surface area contributed by atoms with Crippen LogP contribution in [0.4, 0.5) is 0 Å². The summed E-state index contributed by atoms with van der Waals surface area (Å²) < 4.78 is 5.01. The van der Waals surface area contributed by atoms with Crippen LogP contribution in [0.2, 0.25) is 25.7 Å². The van der Waals surface area contributed by atoms with Gasteiger partial charge in [0.05, 0.1) is 6.61 Å². The van der Waals surface area contributed by atoms with Crippen LogP contribution >= 0.6 is 0 Å². The molecule has 1 aromatic rings. The fourth-order valence-electron chi connectivity index (χ4n) is 1.79. The summed E-state index contributed by atoms with van der Waals surface area (Å²) >= 11 is 0. The van der Waals surface area contributed by atoms with E-state index in [9.17, 15) is 4.79 Å². The van der Waals surface area contributed by atoms with Crippen molar-refractivity contribution in [1.29, 1.82) is 0 Å². The fraction of sp³-hybridized carbons (Fsp3) is 0.400. The molecule has 0 amide bonds. The van der Waals surface area contributed by atoms with Crippen LogP contribution in [0, 0.1) is 0 Å². The number of carbonyl (C=O) groups excluding carboxylic acids is 1. The molecule has 98 valence electrons. The number of hydrogen-bond donors (Lipinski definition) is 0. The highest BCUT2D eigenvalue weighted by Gasteiger charge is 2.17. The second-order valence-electron chi connectivity index (χ2n) is 5.53. The van der Waals surface area contributed by atoms with E-state index in [1.165, 1.54) is 0 Å². The second-order valence-corrected chi connectivity index (χ2v) is 11.0. The molecular weight excluding hydrogens is 240 g/mol. The van der Waals surface area contributed by atoms with Gasteiger partial charge >= 0.3 is 5.97 Å². The van der Waals surface area contributed by atoms with Crippen molar-refractivity contribution in [3.05, 3.63) is 42.0 Å². The molecule has 0 saturated carbocycles. The van der Waals surface area contributed by atoms with Crippen LogP contribution in [-0.4, -0.2) is 20.7 Å². The Balaban J connectivity index is 2.99. The highest BCUT2D eigenvalue weighted by molar-refractivity contribution is 6.77. The predicted molar refractivity (Wildman–Crippen MR) is 79.2 cm³/mol. The van der Waals surface area contributed by atoms with Gasteiger partial charge in [0, 0.05) is 14.1 Å². The normalized spacial score (nSPS) is 12.3. The Bertz CT molecular complexity index is 416. The standard InChI is InChI=1S/C15H22O2Si/c1-5-17-15(16)11-14(12-18(2,3)4)13-9-7-6-8-10-13/h6-11H,5,12H2,1-4H3/b14-11-. The van der Waals surface area contributed by atoms with E-state index < -0.39 is 8.07 Å². The van der Waals surface area contributed by atoms with Crippen molar-refractivity contribution in [2.75, 3.05) is 6.61 Å². The average molecular weight is 262 g/mol. The third-order valence-corrected chi connectivity index (χ3v) is 3.89. The van der Waals surface area contributed by atoms with Gasteiger partial charge in [0.1, 0.15) is 0 Å². The second kappa shape index (κ2) is 6.54. The minimum absolute atomic E-state index is 0.241. The first-order valence-electron chi connectivity index (χ1n) is 6.35. The Kier molecular flexibility index (Phi) is 5.35. The van der Waals surface area contributed by atoms with Crippen LogP contribution in [-0.2, 0) is 9.53 Å². The molecule has 0 heterocycles. The highest BCUT2D eigenvalue weighted by atomic mass is 28.3. The van der Waals surface area contributed by atoms with Gasteiger partial charge in [-0.05, 0) is 24.1 Å². The SMILES string of the molecule is CCOC(=O)/C=C(/C[Si](C)(C)C)c1ccccc1. The molecule has 18 heavy (non-hydrogen) atoms. The fourth-order valence-corrected chi connectivity index (χ4v) is 3.24. The number of rotatable bonds is 5. The largest absolute Gasteiger partial charge is 0.463 e. The lowest BCUT2D eigenvalue weighted by Crippen LogP contribution is -2.20. The van der Waals surface area contributed by atoms with Crippen molar-refractivity contribution >= 4 is 19.6 Å². The lowest BCUT2D eigenvalue weighted by Gasteiger charge is -2.18. The predicted octanol–water partition coefficient (Wildman–Crippen LogP) is 3.97. The van der Waals surface area contributed by atoms with Gasteiger partial charge in [-0.2, -0.15) is 0 Å². The van der Waals surface area contributed by atoms with Gasteiger partial charge in [-0.15, -0.1) is 0 Å². The van der Waals surface area contributed by atoms with Crippen molar-refractivity contribution in [3.8, 4) is 0 Å². The molecule has 0 atom stereocenters. The topological polar surface area (TPSA) is 26.3 Å². The number of ether oxygens (including phenoxy) is 1. The molecule has 0 bridgehead atoms. The van der Waals surface area contributed by atoms with E-state index in [1.807, 2.05) is 37.3 Å². The van der Waals surface area contributed by atoms with Crippen molar-refractivity contribution in [2.24, 2.45) is 0 Å². The molecule has 0 aliphatic heterocycles. The zero-order valence-corrected chi connectivity index (χ0v) is 12.7. The molecule has 0 radical (unpaired) electrons. The molecule has 0 unspecified atom stereocenters. The maximum atomic E-state index is 11.6. The quantitative estimate of drug-likeness (QED) is 0.456. The highest BCUT2D eigenvalue weighted by Crippen LogP contribution is 2.25. The zero-order valence-electron chi connectivity index (χ0n) is 11.7. The van der Waals surface area contributed by atoms with E-state index >= 15 is 0 Å². The minimum Gasteiger partial charge on any atom is -0.463 e. The van der Waals surface area contributed by atoms with Crippen LogP contribution in [0.1, 0.15) is 12.5 Å². The summed E-state index contributed by atoms with van der Waals surface area (Å²) in [6.45, 7) is 9.15. The molecule has 0 aromatic heterocycles. The molecular formula is C15H22O2Si. The monoisotopic (exact) mass is 262 g/mol. The molecule has 0 saturated heterocycles. The maximum Gasteiger partial charge on any atom is 0.331 e. The average Bonchev–Trinajstić information content (AvgIpc) is 2.28. The van der Waals surface area contributed by atoms with Crippen LogP contribution in [0.25, 0.3) is 5.57 Å². The number of carbonyl (C=O) groups is 1. The van der Waals surface area contributed by atoms with Crippen molar-refractivity contribution in [1.82, 2.24) is 0 Å². The Morgan fingerprint density at radius 1 is 1.22 bits per heavy atom. The van der Waals surface area contributed by atoms with Gasteiger partial charge in [0.25, 0.3) is 0 Å². The molecule has 0 aliphatic rings. The van der Waals surface area contributed by atoms with Crippen LogP contribution in [0.3, 0.4) is 0 Å². The Morgan fingerprint density at radius 2 is 1.83 bits per heavy atom. The van der Waals surface area contributed by atoms with E-state index in [0.717, 1.165) is 17.2 Å². The Labute approximate surface area is 111 Å². The molecule has 1 aromatic carbocycles. The summed E-state index contributed by atoms with van der Waals surface area (Å²) in [6, 6.07) is 11.1. The van der Waals surface area contributed by atoms with Crippen LogP contribution in [0.5, 0.6) is 0 Å². The summed E-state index contributed by atoms with van der Waals surface area (Å²) in [6.07, 6.45) is 1.65. The number of esters is 1. The van der Waals surface area contributed by atoms with Gasteiger partial charge in [0.15, 0.2) is 0 Å². The van der Waals surface area contributed by atoms with Gasteiger partial charge < -0.3 is 4.74 Å². The van der Waals surface area contributed by atoms with E-state index in [0.29, 0.717) is 6.61 Å². The number of allylic oxidation sites excluding steroid dienone is 1. The summed E-state index contributed by atoms with van der Waals surface area (Å²) in [5, 5.41) is 0. The first-order chi connectivity index (χ1) is 8.42. The first-order valence-corrected chi connectivity index (χ1v) is 10.1. The first kappa shape index (κ1) is 14.7. The number of benzene rings is 1. The van der Waals surface area contributed by atoms with E-state index in [-0.39, 0.29) is 5.97 Å². The van der Waals surface area contributed by atoms with E-state index in [4.69, 9.17) is 4.74 Å². The lowest BCUT2D eigenvalue weighted by molar-refractivity contribution is -0.137. The number of hydrogen-bond acceptors (Lipinski definition) is 2. The minimum atomic E-state index is -1.27. The smallest absolute Gasteiger partial charge is 0.331 e. The third kappa shape index (κ3) is 5.32. The van der Waals surface area contributed by atoms with Gasteiger partial charge in [-0.25, -0.2) is 4.79 Å². The van der Waals surface area contributed by atoms with Crippen LogP contribution < -0.4 is 0 Å². The van der Waals surface area contributed by atoms with Crippen molar-refractivity contribution in [2.45, 2.75) is 32.6 Å². The summed E-state index contributed by atoms with van der Waals surface area (Å²) in [5.74, 6) is -0.241. The van der Waals surface area contributed by atoms with Crippen LogP contribution in [0.15, 0.2) is 36.4 Å². The van der Waals surface area contributed by atoms with Crippen molar-refractivity contribution < 1.29 is 9.53 Å². The molecule has 2 nitrogen and oxygen atoms in total. The molecule has 0 N–H and O–H groups in total. The lowest BCUT2D eigenvalue weighted by atomic mass is 10.1. The molecule has 0 aliphatic carbocycles. The van der Waals surface area contributed by atoms with E-state index in [1.54, 1.807) is 6.08 Å². The molecule has 3 heteroatoms. The van der Waals surface area contributed by atoms with Gasteiger partial charge in [-0.1, -0.05) is 50.0 Å². The van der Waals surface area contributed by atoms with Crippen molar-refractivity contribution in [3.63, 3.8) is 0 Å². The zero-order chi connectivity index (χ0) is 13.6.